The molecule has 0 unspecified atom stereocenters. The topological polar surface area (TPSA) is 35.3 Å². The molecule has 0 saturated carbocycles. The Kier molecular flexibility index (Phi) is 2.10. The second kappa shape index (κ2) is 3.06. The van der Waals surface area contributed by atoms with Gasteiger partial charge >= 0.3 is 0 Å². The quantitative estimate of drug-likeness (QED) is 0.597. The zero-order valence-electron chi connectivity index (χ0n) is 5.83. The molecule has 0 aliphatic carbocycles. The Morgan fingerprint density at radius 2 is 2.70 bits per heavy atom. The molecule has 0 fully saturated rings. The normalized spacial score (nSPS) is 9.30. The van der Waals surface area contributed by atoms with E-state index in [-0.39, 0.29) is 0 Å². The van der Waals surface area contributed by atoms with Crippen molar-refractivity contribution in [3.05, 3.63) is 24.9 Å². The van der Waals surface area contributed by atoms with Gasteiger partial charge in [-0.2, -0.15) is 0 Å². The van der Waals surface area contributed by atoms with Crippen LogP contribution in [0.5, 0.6) is 0 Å². The van der Waals surface area contributed by atoms with E-state index in [0.29, 0.717) is 18.1 Å². The Bertz CT molecular complexity index is 203. The highest BCUT2D eigenvalue weighted by Crippen LogP contribution is 2.11. The summed E-state index contributed by atoms with van der Waals surface area (Å²) in [6.07, 6.45) is 2.91. The predicted molar refractivity (Wildman–Crippen MR) is 37.2 cm³/mol. The van der Waals surface area contributed by atoms with Crippen LogP contribution in [0.4, 0.5) is 0 Å². The van der Waals surface area contributed by atoms with Crippen molar-refractivity contribution in [3.63, 3.8) is 0 Å². The summed E-state index contributed by atoms with van der Waals surface area (Å²) in [6, 6.07) is 0. The Morgan fingerprint density at radius 1 is 1.90 bits per heavy atom. The minimum absolute atomic E-state index is 0.528. The standard InChI is InChI=1S/C7H9NO2/c1-3-9-6(2)7-4-8-5-10-7/h4-5H,2-3H2,1H3. The molecule has 3 heteroatoms. The summed E-state index contributed by atoms with van der Waals surface area (Å²) in [6.45, 7) is 6.12. The van der Waals surface area contributed by atoms with Gasteiger partial charge in [0.2, 0.25) is 0 Å². The van der Waals surface area contributed by atoms with Gasteiger partial charge in [0.15, 0.2) is 17.9 Å². The van der Waals surface area contributed by atoms with Crippen LogP contribution in [0.2, 0.25) is 0 Å². The molecule has 54 valence electrons. The molecule has 1 rings (SSSR count). The Labute approximate surface area is 59.3 Å². The molecule has 1 heterocycles. The molecule has 1 aromatic rings. The second-order valence-corrected chi connectivity index (χ2v) is 1.72. The van der Waals surface area contributed by atoms with Crippen molar-refractivity contribution >= 4 is 5.76 Å². The first-order chi connectivity index (χ1) is 4.84. The van der Waals surface area contributed by atoms with Crippen molar-refractivity contribution in [3.8, 4) is 0 Å². The lowest BCUT2D eigenvalue weighted by atomic mass is 10.4. The third kappa shape index (κ3) is 1.37. The summed E-state index contributed by atoms with van der Waals surface area (Å²) >= 11 is 0. The maximum atomic E-state index is 5.06. The Morgan fingerprint density at radius 3 is 3.20 bits per heavy atom. The van der Waals surface area contributed by atoms with Crippen LogP contribution in [-0.2, 0) is 4.74 Å². The lowest BCUT2D eigenvalue weighted by Crippen LogP contribution is -1.86. The first-order valence-corrected chi connectivity index (χ1v) is 3.05. The lowest BCUT2D eigenvalue weighted by Gasteiger charge is -2.00. The molecular formula is C7H9NO2. The van der Waals surface area contributed by atoms with Gasteiger partial charge in [-0.25, -0.2) is 4.98 Å². The van der Waals surface area contributed by atoms with Crippen LogP contribution in [-0.4, -0.2) is 11.6 Å². The summed E-state index contributed by atoms with van der Waals surface area (Å²) in [5, 5.41) is 0. The Balaban J connectivity index is 2.59. The molecule has 0 aliphatic rings. The molecule has 0 bridgehead atoms. The van der Waals surface area contributed by atoms with Crippen LogP contribution in [0.15, 0.2) is 23.6 Å². The van der Waals surface area contributed by atoms with Crippen molar-refractivity contribution in [1.82, 2.24) is 4.98 Å². The van der Waals surface area contributed by atoms with Crippen molar-refractivity contribution in [1.29, 1.82) is 0 Å². The van der Waals surface area contributed by atoms with E-state index in [4.69, 9.17) is 9.15 Å². The second-order valence-electron chi connectivity index (χ2n) is 1.72. The SMILES string of the molecule is C=C(OCC)c1cnco1. The molecule has 1 aromatic heterocycles. The third-order valence-corrected chi connectivity index (χ3v) is 1.03. The highest BCUT2D eigenvalue weighted by atomic mass is 16.5. The van der Waals surface area contributed by atoms with Crippen LogP contribution >= 0.6 is 0 Å². The number of nitrogens with zero attached hydrogens (tertiary/aromatic N) is 1. The molecule has 3 nitrogen and oxygen atoms in total. The van der Waals surface area contributed by atoms with Gasteiger partial charge < -0.3 is 9.15 Å². The van der Waals surface area contributed by atoms with Crippen LogP contribution < -0.4 is 0 Å². The molecule has 0 aliphatic heterocycles. The summed E-state index contributed by atoms with van der Waals surface area (Å²) in [4.78, 5) is 3.72. The number of rotatable bonds is 3. The lowest BCUT2D eigenvalue weighted by molar-refractivity contribution is 0.288. The molecule has 0 atom stereocenters. The van der Waals surface area contributed by atoms with Crippen LogP contribution in [0.3, 0.4) is 0 Å². The fourth-order valence-electron chi connectivity index (χ4n) is 0.599. The fraction of sp³-hybridized carbons (Fsp3) is 0.286. The summed E-state index contributed by atoms with van der Waals surface area (Å²) in [7, 11) is 0. The molecule has 0 spiro atoms. The number of hydrogen-bond donors (Lipinski definition) is 0. The monoisotopic (exact) mass is 139 g/mol. The van der Waals surface area contributed by atoms with Gasteiger partial charge in [0, 0.05) is 0 Å². The molecular weight excluding hydrogens is 130 g/mol. The number of oxazole rings is 1. The van der Waals surface area contributed by atoms with Crippen molar-refractivity contribution in [2.75, 3.05) is 6.61 Å². The molecule has 0 aromatic carbocycles. The van der Waals surface area contributed by atoms with E-state index in [1.165, 1.54) is 6.39 Å². The average molecular weight is 139 g/mol. The zero-order valence-corrected chi connectivity index (χ0v) is 5.83. The largest absolute Gasteiger partial charge is 0.491 e. The highest BCUT2D eigenvalue weighted by Gasteiger charge is 2.00. The minimum Gasteiger partial charge on any atom is -0.491 e. The maximum absolute atomic E-state index is 5.06. The van der Waals surface area contributed by atoms with E-state index in [0.717, 1.165) is 0 Å². The van der Waals surface area contributed by atoms with E-state index in [9.17, 15) is 0 Å². The van der Waals surface area contributed by atoms with Gasteiger partial charge in [-0.1, -0.05) is 6.58 Å². The van der Waals surface area contributed by atoms with E-state index < -0.39 is 0 Å². The first-order valence-electron chi connectivity index (χ1n) is 3.05. The van der Waals surface area contributed by atoms with Crippen LogP contribution in [0.1, 0.15) is 12.7 Å². The number of ether oxygens (including phenoxy) is 1. The third-order valence-electron chi connectivity index (χ3n) is 1.03. The van der Waals surface area contributed by atoms with Crippen LogP contribution in [0, 0.1) is 0 Å². The molecule has 10 heavy (non-hydrogen) atoms. The van der Waals surface area contributed by atoms with Crippen molar-refractivity contribution in [2.24, 2.45) is 0 Å². The van der Waals surface area contributed by atoms with Crippen molar-refractivity contribution < 1.29 is 9.15 Å². The van der Waals surface area contributed by atoms with E-state index in [1.807, 2.05) is 6.92 Å². The summed E-state index contributed by atoms with van der Waals surface area (Å²) in [5.74, 6) is 1.11. The minimum atomic E-state index is 0.528. The van der Waals surface area contributed by atoms with E-state index in [2.05, 4.69) is 11.6 Å². The first kappa shape index (κ1) is 6.86. The predicted octanol–water partition coefficient (Wildman–Crippen LogP) is 1.68. The van der Waals surface area contributed by atoms with Gasteiger partial charge in [0.1, 0.15) is 0 Å². The molecule has 0 N–H and O–H groups in total. The number of aromatic nitrogens is 1. The van der Waals surface area contributed by atoms with Gasteiger partial charge in [-0.05, 0) is 6.92 Å². The molecule has 0 amide bonds. The summed E-state index contributed by atoms with van der Waals surface area (Å²) in [5.41, 5.74) is 0. The number of hydrogen-bond acceptors (Lipinski definition) is 3. The van der Waals surface area contributed by atoms with Gasteiger partial charge in [-0.15, -0.1) is 0 Å². The molecule has 0 radical (unpaired) electrons. The van der Waals surface area contributed by atoms with Gasteiger partial charge in [-0.3, -0.25) is 0 Å². The van der Waals surface area contributed by atoms with Crippen molar-refractivity contribution in [2.45, 2.75) is 6.92 Å². The smallest absolute Gasteiger partial charge is 0.188 e. The maximum Gasteiger partial charge on any atom is 0.188 e. The average Bonchev–Trinajstić information content (AvgIpc) is 2.38. The van der Waals surface area contributed by atoms with Crippen LogP contribution in [0.25, 0.3) is 5.76 Å². The Hall–Kier alpha value is -1.25. The van der Waals surface area contributed by atoms with E-state index >= 15 is 0 Å². The zero-order chi connectivity index (χ0) is 7.40. The van der Waals surface area contributed by atoms with E-state index in [1.54, 1.807) is 6.20 Å². The highest BCUT2D eigenvalue weighted by molar-refractivity contribution is 5.50. The summed E-state index contributed by atoms with van der Waals surface area (Å²) < 4.78 is 9.97. The van der Waals surface area contributed by atoms with Gasteiger partial charge in [0.25, 0.3) is 0 Å². The molecule has 0 saturated heterocycles. The van der Waals surface area contributed by atoms with Gasteiger partial charge in [0.05, 0.1) is 12.8 Å². The fourth-order valence-corrected chi connectivity index (χ4v) is 0.599.